The highest BCUT2D eigenvalue weighted by atomic mass is 16.2. The summed E-state index contributed by atoms with van der Waals surface area (Å²) >= 11 is 0. The predicted octanol–water partition coefficient (Wildman–Crippen LogP) is 3.64. The van der Waals surface area contributed by atoms with Gasteiger partial charge in [-0.25, -0.2) is 0 Å². The first-order valence-corrected chi connectivity index (χ1v) is 9.05. The van der Waals surface area contributed by atoms with E-state index in [1.54, 1.807) is 0 Å². The highest BCUT2D eigenvalue weighted by molar-refractivity contribution is 5.89. The maximum atomic E-state index is 12.6. The number of carbonyl (C=O) groups excluding carboxylic acids is 2. The van der Waals surface area contributed by atoms with Crippen LogP contribution in [0.5, 0.6) is 0 Å². The van der Waals surface area contributed by atoms with Gasteiger partial charge in [-0.2, -0.15) is 0 Å². The minimum atomic E-state index is -0.351. The molecule has 2 aromatic rings. The normalized spacial score (nSPS) is 16.9. The van der Waals surface area contributed by atoms with Crippen molar-refractivity contribution in [2.45, 2.75) is 45.2 Å². The first-order valence-electron chi connectivity index (χ1n) is 9.05. The van der Waals surface area contributed by atoms with Crippen molar-refractivity contribution in [3.8, 4) is 0 Å². The summed E-state index contributed by atoms with van der Waals surface area (Å²) in [5, 5.41) is 9.11. The zero-order valence-corrected chi connectivity index (χ0v) is 15.2. The van der Waals surface area contributed by atoms with Gasteiger partial charge in [-0.1, -0.05) is 24.3 Å². The van der Waals surface area contributed by atoms with Gasteiger partial charge in [0.15, 0.2) is 0 Å². The van der Waals surface area contributed by atoms with Crippen LogP contribution in [0.1, 0.15) is 43.9 Å². The maximum absolute atomic E-state index is 12.6. The fourth-order valence-electron chi connectivity index (χ4n) is 3.37. The van der Waals surface area contributed by atoms with Gasteiger partial charge < -0.3 is 16.0 Å². The molecular weight excluding hydrogens is 326 g/mol. The lowest BCUT2D eigenvalue weighted by molar-refractivity contribution is -0.122. The summed E-state index contributed by atoms with van der Waals surface area (Å²) in [7, 11) is 0. The quantitative estimate of drug-likeness (QED) is 0.770. The van der Waals surface area contributed by atoms with Gasteiger partial charge in [-0.15, -0.1) is 0 Å². The molecule has 0 spiro atoms. The van der Waals surface area contributed by atoms with Gasteiger partial charge in [0, 0.05) is 18.3 Å². The molecule has 1 aliphatic rings. The Morgan fingerprint density at radius 3 is 2.46 bits per heavy atom. The van der Waals surface area contributed by atoms with Crippen molar-refractivity contribution in [2.75, 3.05) is 10.6 Å². The fourth-order valence-corrected chi connectivity index (χ4v) is 3.37. The number of nitrogens with one attached hydrogen (secondary N) is 3. The van der Waals surface area contributed by atoms with Crippen LogP contribution in [0.25, 0.3) is 0 Å². The molecule has 3 rings (SSSR count). The highest BCUT2D eigenvalue weighted by Gasteiger charge is 2.23. The summed E-state index contributed by atoms with van der Waals surface area (Å²) in [6, 6.07) is 15.4. The Morgan fingerprint density at radius 1 is 1.04 bits per heavy atom. The average Bonchev–Trinajstić information content (AvgIpc) is 2.63. The Kier molecular flexibility index (Phi) is 5.56. The maximum Gasteiger partial charge on any atom is 0.242 e. The van der Waals surface area contributed by atoms with Crippen LogP contribution in [0, 0.1) is 0 Å². The fraction of sp³-hybridized carbons (Fsp3) is 0.333. The van der Waals surface area contributed by atoms with Crippen LogP contribution in [-0.4, -0.2) is 17.9 Å². The molecule has 0 saturated carbocycles. The topological polar surface area (TPSA) is 70.2 Å². The zero-order valence-electron chi connectivity index (χ0n) is 15.2. The molecule has 5 heteroatoms. The highest BCUT2D eigenvalue weighted by Crippen LogP contribution is 2.29. The molecule has 0 bridgehead atoms. The molecule has 0 aromatic heterocycles. The summed E-state index contributed by atoms with van der Waals surface area (Å²) in [5.74, 6) is -0.121. The number of hydrogen-bond acceptors (Lipinski definition) is 3. The van der Waals surface area contributed by atoms with Gasteiger partial charge in [-0.3, -0.25) is 9.59 Å². The molecule has 1 aliphatic carbocycles. The Bertz CT molecular complexity index is 786. The van der Waals surface area contributed by atoms with Crippen LogP contribution in [0.4, 0.5) is 11.4 Å². The molecular formula is C21H25N3O2. The molecule has 26 heavy (non-hydrogen) atoms. The molecule has 0 heterocycles. The van der Waals surface area contributed by atoms with E-state index in [4.69, 9.17) is 0 Å². The molecule has 3 N–H and O–H groups in total. The minimum absolute atomic E-state index is 0.0161. The Hall–Kier alpha value is -2.82. The van der Waals surface area contributed by atoms with E-state index in [9.17, 15) is 9.59 Å². The number of carbonyl (C=O) groups is 2. The van der Waals surface area contributed by atoms with Gasteiger partial charge in [0.05, 0.1) is 6.04 Å². The third-order valence-electron chi connectivity index (χ3n) is 4.67. The third-order valence-corrected chi connectivity index (χ3v) is 4.67. The van der Waals surface area contributed by atoms with Crippen molar-refractivity contribution in [2.24, 2.45) is 0 Å². The Labute approximate surface area is 154 Å². The lowest BCUT2D eigenvalue weighted by atomic mass is 9.87. The summed E-state index contributed by atoms with van der Waals surface area (Å²) < 4.78 is 0. The average molecular weight is 351 g/mol. The summed E-state index contributed by atoms with van der Waals surface area (Å²) in [6.07, 6.45) is 3.15. The number of aryl methyl sites for hydroxylation is 1. The molecule has 0 fully saturated rings. The summed E-state index contributed by atoms with van der Waals surface area (Å²) in [6.45, 7) is 3.33. The lowest BCUT2D eigenvalue weighted by Gasteiger charge is -2.27. The number of amides is 2. The molecule has 2 aromatic carbocycles. The van der Waals surface area contributed by atoms with Gasteiger partial charge in [-0.05, 0) is 61.6 Å². The van der Waals surface area contributed by atoms with Crippen LogP contribution in [0.2, 0.25) is 0 Å². The van der Waals surface area contributed by atoms with Crippen LogP contribution in [0.3, 0.4) is 0 Å². The van der Waals surface area contributed by atoms with Crippen molar-refractivity contribution < 1.29 is 9.59 Å². The monoisotopic (exact) mass is 351 g/mol. The third kappa shape index (κ3) is 4.42. The molecule has 2 atom stereocenters. The first kappa shape index (κ1) is 18.0. The Morgan fingerprint density at radius 2 is 1.73 bits per heavy atom. The molecule has 0 radical (unpaired) electrons. The van der Waals surface area contributed by atoms with Crippen molar-refractivity contribution in [1.82, 2.24) is 5.32 Å². The van der Waals surface area contributed by atoms with E-state index in [1.807, 2.05) is 37.3 Å². The molecule has 136 valence electrons. The van der Waals surface area contributed by atoms with Gasteiger partial charge >= 0.3 is 0 Å². The minimum Gasteiger partial charge on any atom is -0.374 e. The predicted molar refractivity (Wildman–Crippen MR) is 104 cm³/mol. The smallest absolute Gasteiger partial charge is 0.242 e. The van der Waals surface area contributed by atoms with Gasteiger partial charge in [0.2, 0.25) is 11.8 Å². The van der Waals surface area contributed by atoms with E-state index in [-0.39, 0.29) is 23.9 Å². The molecule has 2 amide bonds. The lowest BCUT2D eigenvalue weighted by Crippen LogP contribution is -2.40. The van der Waals surface area contributed by atoms with E-state index in [0.29, 0.717) is 0 Å². The summed E-state index contributed by atoms with van der Waals surface area (Å²) in [5.41, 5.74) is 4.14. The van der Waals surface area contributed by atoms with Crippen LogP contribution < -0.4 is 16.0 Å². The number of rotatable bonds is 5. The van der Waals surface area contributed by atoms with E-state index in [2.05, 4.69) is 34.1 Å². The molecule has 0 aliphatic heterocycles. The van der Waals surface area contributed by atoms with Crippen molar-refractivity contribution in [3.05, 3.63) is 59.7 Å². The van der Waals surface area contributed by atoms with Gasteiger partial charge in [0.25, 0.3) is 0 Å². The standard InChI is InChI=1S/C21H25N3O2/c1-14(22-17-10-12-18(13-11-17)23-15(2)25)21(26)24-20-9-5-7-16-6-3-4-8-19(16)20/h3-4,6,8,10-14,20,22H,5,7,9H2,1-2H3,(H,23,25)(H,24,26)/t14-,20-/m1/s1. The molecule has 0 saturated heterocycles. The number of hydrogen-bond donors (Lipinski definition) is 3. The van der Waals surface area contributed by atoms with E-state index in [1.165, 1.54) is 18.1 Å². The SMILES string of the molecule is CC(=O)Nc1ccc(N[C@H](C)C(=O)N[C@@H]2CCCc3ccccc32)cc1. The first-order chi connectivity index (χ1) is 12.5. The van der Waals surface area contributed by atoms with Crippen molar-refractivity contribution >= 4 is 23.2 Å². The largest absolute Gasteiger partial charge is 0.374 e. The van der Waals surface area contributed by atoms with Crippen LogP contribution in [0.15, 0.2) is 48.5 Å². The van der Waals surface area contributed by atoms with Gasteiger partial charge in [0.1, 0.15) is 6.04 Å². The van der Waals surface area contributed by atoms with Crippen LogP contribution >= 0.6 is 0 Å². The van der Waals surface area contributed by atoms with Crippen LogP contribution in [-0.2, 0) is 16.0 Å². The van der Waals surface area contributed by atoms with Crippen molar-refractivity contribution in [1.29, 1.82) is 0 Å². The van der Waals surface area contributed by atoms with E-state index in [0.717, 1.165) is 30.6 Å². The molecule has 0 unspecified atom stereocenters. The number of fused-ring (bicyclic) bond motifs is 1. The van der Waals surface area contributed by atoms with E-state index >= 15 is 0 Å². The second-order valence-corrected chi connectivity index (χ2v) is 6.78. The Balaban J connectivity index is 1.59. The molecule has 5 nitrogen and oxygen atoms in total. The summed E-state index contributed by atoms with van der Waals surface area (Å²) in [4.78, 5) is 23.7. The van der Waals surface area contributed by atoms with Crippen molar-refractivity contribution in [3.63, 3.8) is 0 Å². The number of anilines is 2. The second kappa shape index (κ2) is 8.04. The second-order valence-electron chi connectivity index (χ2n) is 6.78. The number of benzene rings is 2. The van der Waals surface area contributed by atoms with E-state index < -0.39 is 0 Å². The zero-order chi connectivity index (χ0) is 18.5.